The first-order valence-corrected chi connectivity index (χ1v) is 11.2. The molecular weight excluding hydrogens is 442 g/mol. The molecule has 3 amide bonds. The summed E-state index contributed by atoms with van der Waals surface area (Å²) in [5, 5.41) is 5.66. The van der Waals surface area contributed by atoms with Crippen LogP contribution in [0.4, 0.5) is 4.79 Å². The van der Waals surface area contributed by atoms with Gasteiger partial charge in [0.15, 0.2) is 0 Å². The quantitative estimate of drug-likeness (QED) is 0.331. The summed E-state index contributed by atoms with van der Waals surface area (Å²) in [6.45, 7) is 1.91. The van der Waals surface area contributed by atoms with Gasteiger partial charge in [0.2, 0.25) is 5.91 Å². The molecular formula is C27H27N5O3. The Hall–Kier alpha value is -4.59. The van der Waals surface area contributed by atoms with Crippen LogP contribution in [0.25, 0.3) is 5.69 Å². The summed E-state index contributed by atoms with van der Waals surface area (Å²) in [5.41, 5.74) is 8.05. The molecule has 4 rings (SSSR count). The largest absolute Gasteiger partial charge is 0.457 e. The molecule has 1 aromatic heterocycles. The molecule has 0 fully saturated rings. The predicted octanol–water partition coefficient (Wildman–Crippen LogP) is 4.64. The number of imidazole rings is 1. The highest BCUT2D eigenvalue weighted by molar-refractivity contribution is 5.79. The normalized spacial score (nSPS) is 12.4. The number of nitrogens with zero attached hydrogens (tertiary/aromatic N) is 2. The molecule has 4 N–H and O–H groups in total. The minimum Gasteiger partial charge on any atom is -0.457 e. The van der Waals surface area contributed by atoms with Crippen LogP contribution in [-0.4, -0.2) is 21.5 Å². The van der Waals surface area contributed by atoms with Gasteiger partial charge in [0.25, 0.3) is 0 Å². The van der Waals surface area contributed by atoms with Gasteiger partial charge in [-0.15, -0.1) is 0 Å². The standard InChI is InChI=1S/C27H27N5O3/c1-19(20-10-12-22(13-11-20)32-15-14-29-18-32)30-26(33)17-25(31-27(28)34)21-6-5-9-24(16-21)35-23-7-3-2-4-8-23/h2-16,18-19,25H,17H2,1H3,(H,30,33)(H3,28,31,34)/t19-,25-/m0/s1. The second kappa shape index (κ2) is 11.0. The first kappa shape index (κ1) is 23.6. The fourth-order valence-corrected chi connectivity index (χ4v) is 3.76. The van der Waals surface area contributed by atoms with Crippen molar-refractivity contribution in [3.8, 4) is 17.2 Å². The van der Waals surface area contributed by atoms with Gasteiger partial charge in [-0.25, -0.2) is 9.78 Å². The van der Waals surface area contributed by atoms with Gasteiger partial charge in [-0.1, -0.05) is 42.5 Å². The maximum absolute atomic E-state index is 12.9. The van der Waals surface area contributed by atoms with E-state index in [0.29, 0.717) is 17.1 Å². The molecule has 0 radical (unpaired) electrons. The highest BCUT2D eigenvalue weighted by Crippen LogP contribution is 2.26. The highest BCUT2D eigenvalue weighted by atomic mass is 16.5. The maximum atomic E-state index is 12.9. The lowest BCUT2D eigenvalue weighted by atomic mass is 10.0. The van der Waals surface area contributed by atoms with Gasteiger partial charge in [0, 0.05) is 18.1 Å². The van der Waals surface area contributed by atoms with Crippen molar-refractivity contribution in [3.63, 3.8) is 0 Å². The van der Waals surface area contributed by atoms with Crippen LogP contribution in [0, 0.1) is 0 Å². The molecule has 0 aliphatic rings. The van der Waals surface area contributed by atoms with E-state index in [9.17, 15) is 9.59 Å². The third-order valence-electron chi connectivity index (χ3n) is 5.52. The summed E-state index contributed by atoms with van der Waals surface area (Å²) < 4.78 is 7.79. The molecule has 1 heterocycles. The van der Waals surface area contributed by atoms with Crippen LogP contribution in [0.15, 0.2) is 97.6 Å². The minimum atomic E-state index is -0.708. The van der Waals surface area contributed by atoms with E-state index in [4.69, 9.17) is 10.5 Å². The molecule has 8 heteroatoms. The van der Waals surface area contributed by atoms with Gasteiger partial charge in [-0.2, -0.15) is 0 Å². The highest BCUT2D eigenvalue weighted by Gasteiger charge is 2.20. The molecule has 2 atom stereocenters. The van der Waals surface area contributed by atoms with E-state index < -0.39 is 12.1 Å². The van der Waals surface area contributed by atoms with Crippen molar-refractivity contribution in [2.75, 3.05) is 0 Å². The van der Waals surface area contributed by atoms with E-state index in [-0.39, 0.29) is 18.4 Å². The molecule has 0 bridgehead atoms. The van der Waals surface area contributed by atoms with Crippen molar-refractivity contribution in [2.45, 2.75) is 25.4 Å². The first-order chi connectivity index (χ1) is 17.0. The van der Waals surface area contributed by atoms with E-state index in [2.05, 4.69) is 15.6 Å². The summed E-state index contributed by atoms with van der Waals surface area (Å²) >= 11 is 0. The summed E-state index contributed by atoms with van der Waals surface area (Å²) in [7, 11) is 0. The number of nitrogens with two attached hydrogens (primary N) is 1. The zero-order valence-corrected chi connectivity index (χ0v) is 19.3. The van der Waals surface area contributed by atoms with Crippen LogP contribution in [-0.2, 0) is 4.79 Å². The minimum absolute atomic E-state index is 0.0230. The van der Waals surface area contributed by atoms with Crippen LogP contribution >= 0.6 is 0 Å². The maximum Gasteiger partial charge on any atom is 0.312 e. The lowest BCUT2D eigenvalue weighted by Gasteiger charge is -2.21. The van der Waals surface area contributed by atoms with Gasteiger partial charge in [0.05, 0.1) is 24.8 Å². The number of para-hydroxylation sites is 1. The van der Waals surface area contributed by atoms with Crippen molar-refractivity contribution in [1.82, 2.24) is 20.2 Å². The molecule has 0 saturated carbocycles. The second-order valence-electron chi connectivity index (χ2n) is 8.10. The smallest absolute Gasteiger partial charge is 0.312 e. The summed E-state index contributed by atoms with van der Waals surface area (Å²) in [5.74, 6) is 1.07. The topological polar surface area (TPSA) is 111 Å². The third kappa shape index (κ3) is 6.48. The number of ether oxygens (including phenoxy) is 1. The van der Waals surface area contributed by atoms with Gasteiger partial charge in [-0.05, 0) is 54.4 Å². The Bertz CT molecular complexity index is 1260. The van der Waals surface area contributed by atoms with Crippen molar-refractivity contribution in [1.29, 1.82) is 0 Å². The Morgan fingerprint density at radius 2 is 1.69 bits per heavy atom. The van der Waals surface area contributed by atoms with E-state index in [1.807, 2.05) is 90.5 Å². The third-order valence-corrected chi connectivity index (χ3v) is 5.52. The molecule has 4 aromatic rings. The summed E-state index contributed by atoms with van der Waals surface area (Å²) in [6.07, 6.45) is 5.34. The molecule has 0 spiro atoms. The van der Waals surface area contributed by atoms with Gasteiger partial charge >= 0.3 is 6.03 Å². The van der Waals surface area contributed by atoms with Crippen LogP contribution in [0.3, 0.4) is 0 Å². The Balaban J connectivity index is 1.42. The summed E-state index contributed by atoms with van der Waals surface area (Å²) in [6, 6.07) is 22.9. The zero-order chi connectivity index (χ0) is 24.6. The van der Waals surface area contributed by atoms with Gasteiger partial charge < -0.3 is 25.7 Å². The molecule has 35 heavy (non-hydrogen) atoms. The molecule has 0 aliphatic carbocycles. The fraction of sp³-hybridized carbons (Fsp3) is 0.148. The Morgan fingerprint density at radius 3 is 2.37 bits per heavy atom. The number of nitrogens with one attached hydrogen (secondary N) is 2. The molecule has 0 unspecified atom stereocenters. The molecule has 178 valence electrons. The Labute approximate surface area is 203 Å². The number of urea groups is 1. The Kier molecular flexibility index (Phi) is 7.42. The number of amides is 3. The second-order valence-corrected chi connectivity index (χ2v) is 8.10. The van der Waals surface area contributed by atoms with Crippen LogP contribution in [0.1, 0.15) is 36.6 Å². The number of hydrogen-bond acceptors (Lipinski definition) is 4. The number of benzene rings is 3. The number of primary amides is 1. The molecule has 0 aliphatic heterocycles. The lowest BCUT2D eigenvalue weighted by molar-refractivity contribution is -0.122. The first-order valence-electron chi connectivity index (χ1n) is 11.2. The van der Waals surface area contributed by atoms with E-state index in [1.54, 1.807) is 18.6 Å². The predicted molar refractivity (Wildman–Crippen MR) is 133 cm³/mol. The van der Waals surface area contributed by atoms with E-state index in [0.717, 1.165) is 11.3 Å². The average molecular weight is 470 g/mol. The van der Waals surface area contributed by atoms with Gasteiger partial charge in [0.1, 0.15) is 11.5 Å². The van der Waals surface area contributed by atoms with E-state index in [1.165, 1.54) is 0 Å². The van der Waals surface area contributed by atoms with Crippen LogP contribution in [0.5, 0.6) is 11.5 Å². The number of carbonyl (C=O) groups is 2. The average Bonchev–Trinajstić information content (AvgIpc) is 3.39. The van der Waals surface area contributed by atoms with Crippen molar-refractivity contribution in [3.05, 3.63) is 109 Å². The van der Waals surface area contributed by atoms with Crippen molar-refractivity contribution in [2.24, 2.45) is 5.73 Å². The lowest BCUT2D eigenvalue weighted by Crippen LogP contribution is -2.37. The monoisotopic (exact) mass is 469 g/mol. The summed E-state index contributed by atoms with van der Waals surface area (Å²) in [4.78, 5) is 28.6. The number of rotatable bonds is 9. The van der Waals surface area contributed by atoms with Crippen molar-refractivity contribution < 1.29 is 14.3 Å². The number of hydrogen-bond donors (Lipinski definition) is 3. The van der Waals surface area contributed by atoms with Crippen LogP contribution in [0.2, 0.25) is 0 Å². The number of aromatic nitrogens is 2. The molecule has 8 nitrogen and oxygen atoms in total. The Morgan fingerprint density at radius 1 is 0.943 bits per heavy atom. The van der Waals surface area contributed by atoms with Crippen molar-refractivity contribution >= 4 is 11.9 Å². The molecule has 3 aromatic carbocycles. The SMILES string of the molecule is C[C@H](NC(=O)C[C@H](NC(N)=O)c1cccc(Oc2ccccc2)c1)c1ccc(-n2ccnc2)cc1. The molecule has 0 saturated heterocycles. The fourth-order valence-electron chi connectivity index (χ4n) is 3.76. The van der Waals surface area contributed by atoms with Crippen LogP contribution < -0.4 is 21.1 Å². The number of carbonyl (C=O) groups excluding carboxylic acids is 2. The van der Waals surface area contributed by atoms with Gasteiger partial charge in [-0.3, -0.25) is 4.79 Å². The van der Waals surface area contributed by atoms with E-state index >= 15 is 0 Å². The zero-order valence-electron chi connectivity index (χ0n) is 19.3.